The second kappa shape index (κ2) is 6.24. The Kier molecular flexibility index (Phi) is 4.65. The zero-order valence-corrected chi connectivity index (χ0v) is 11.8. The molecule has 0 bridgehead atoms. The molecule has 0 aliphatic heterocycles. The topological polar surface area (TPSA) is 21.3 Å². The summed E-state index contributed by atoms with van der Waals surface area (Å²) in [6.07, 6.45) is 3.94. The molecule has 1 aromatic rings. The Bertz CT molecular complexity index is 360. The second-order valence-corrected chi connectivity index (χ2v) is 5.74. The zero-order valence-electron chi connectivity index (χ0n) is 11.8. The quantitative estimate of drug-likeness (QED) is 0.866. The van der Waals surface area contributed by atoms with E-state index in [2.05, 4.69) is 43.4 Å². The summed E-state index contributed by atoms with van der Waals surface area (Å²) < 4.78 is 5.12. The Balaban J connectivity index is 1.89. The van der Waals surface area contributed by atoms with Gasteiger partial charge in [-0.1, -0.05) is 26.0 Å². The molecule has 0 amide bonds. The first-order chi connectivity index (χ1) is 8.69. The zero-order chi connectivity index (χ0) is 13.0. The predicted molar refractivity (Wildman–Crippen MR) is 76.7 cm³/mol. The summed E-state index contributed by atoms with van der Waals surface area (Å²) >= 11 is 0. The predicted octanol–water partition coefficient (Wildman–Crippen LogP) is 4.07. The molecular formula is C16H25NO. The fourth-order valence-corrected chi connectivity index (χ4v) is 2.78. The van der Waals surface area contributed by atoms with Crippen LogP contribution < -0.4 is 5.32 Å². The lowest BCUT2D eigenvalue weighted by molar-refractivity contribution is 0.185. The Morgan fingerprint density at radius 2 is 1.83 bits per heavy atom. The summed E-state index contributed by atoms with van der Waals surface area (Å²) in [5.41, 5.74) is 2.47. The van der Waals surface area contributed by atoms with Crippen molar-refractivity contribution < 1.29 is 4.74 Å². The van der Waals surface area contributed by atoms with Crippen molar-refractivity contribution in [3.8, 4) is 0 Å². The largest absolute Gasteiger partial charge is 0.382 e. The highest BCUT2D eigenvalue weighted by molar-refractivity contribution is 5.45. The summed E-state index contributed by atoms with van der Waals surface area (Å²) in [6, 6.07) is 9.25. The molecule has 100 valence electrons. The van der Waals surface area contributed by atoms with Gasteiger partial charge >= 0.3 is 0 Å². The molecule has 0 saturated heterocycles. The van der Waals surface area contributed by atoms with Gasteiger partial charge in [0.25, 0.3) is 0 Å². The van der Waals surface area contributed by atoms with Gasteiger partial charge in [-0.2, -0.15) is 0 Å². The summed E-state index contributed by atoms with van der Waals surface area (Å²) in [5.74, 6) is 1.72. The van der Waals surface area contributed by atoms with Crippen LogP contribution >= 0.6 is 0 Å². The number of hydrogen-bond acceptors (Lipinski definition) is 2. The number of methoxy groups -OCH3 is 1. The maximum Gasteiger partial charge on any atom is 0.0713 e. The van der Waals surface area contributed by atoms with Crippen molar-refractivity contribution in [1.82, 2.24) is 0 Å². The minimum Gasteiger partial charge on any atom is -0.382 e. The van der Waals surface area contributed by atoms with Gasteiger partial charge in [0.1, 0.15) is 0 Å². The van der Waals surface area contributed by atoms with Crippen molar-refractivity contribution in [2.45, 2.75) is 45.8 Å². The highest BCUT2D eigenvalue weighted by Crippen LogP contribution is 2.31. The molecule has 18 heavy (non-hydrogen) atoms. The first-order valence-electron chi connectivity index (χ1n) is 7.03. The van der Waals surface area contributed by atoms with Gasteiger partial charge in [-0.25, -0.2) is 0 Å². The van der Waals surface area contributed by atoms with E-state index in [1.807, 2.05) is 0 Å². The third-order valence-corrected chi connectivity index (χ3v) is 4.23. The van der Waals surface area contributed by atoms with E-state index in [0.29, 0.717) is 12.6 Å². The molecule has 3 unspecified atom stereocenters. The molecule has 2 rings (SSSR count). The lowest BCUT2D eigenvalue weighted by Crippen LogP contribution is -2.30. The normalized spacial score (nSPS) is 28.1. The Morgan fingerprint density at radius 3 is 2.44 bits per heavy atom. The van der Waals surface area contributed by atoms with Gasteiger partial charge in [0, 0.05) is 18.8 Å². The van der Waals surface area contributed by atoms with Crippen molar-refractivity contribution >= 4 is 5.69 Å². The van der Waals surface area contributed by atoms with Gasteiger partial charge in [-0.3, -0.25) is 0 Å². The van der Waals surface area contributed by atoms with Crippen molar-refractivity contribution in [1.29, 1.82) is 0 Å². The Morgan fingerprint density at radius 1 is 1.11 bits per heavy atom. The Labute approximate surface area is 111 Å². The first-order valence-corrected chi connectivity index (χ1v) is 7.03. The van der Waals surface area contributed by atoms with Crippen LogP contribution in [0.2, 0.25) is 0 Å². The lowest BCUT2D eigenvalue weighted by atomic mass is 9.79. The minimum absolute atomic E-state index is 0.643. The summed E-state index contributed by atoms with van der Waals surface area (Å²) in [4.78, 5) is 0. The highest BCUT2D eigenvalue weighted by atomic mass is 16.5. The van der Waals surface area contributed by atoms with Gasteiger partial charge in [0.2, 0.25) is 0 Å². The number of rotatable bonds is 4. The van der Waals surface area contributed by atoms with E-state index < -0.39 is 0 Å². The average molecular weight is 247 g/mol. The van der Waals surface area contributed by atoms with Gasteiger partial charge in [-0.05, 0) is 48.8 Å². The van der Waals surface area contributed by atoms with E-state index in [1.165, 1.54) is 30.5 Å². The van der Waals surface area contributed by atoms with E-state index in [1.54, 1.807) is 7.11 Å². The van der Waals surface area contributed by atoms with Crippen LogP contribution in [-0.4, -0.2) is 13.2 Å². The van der Waals surface area contributed by atoms with Crippen LogP contribution in [0.4, 0.5) is 5.69 Å². The smallest absolute Gasteiger partial charge is 0.0713 e. The third-order valence-electron chi connectivity index (χ3n) is 4.23. The molecule has 0 radical (unpaired) electrons. The standard InChI is InChI=1S/C16H25NO/c1-12-4-7-16(10-13(12)2)17-15-8-5-14(6-9-15)11-18-3/h5-6,8-9,12-13,16-17H,4,7,10-11H2,1-3H3. The molecule has 1 fully saturated rings. The molecule has 0 heterocycles. The number of ether oxygens (including phenoxy) is 1. The molecule has 2 heteroatoms. The van der Waals surface area contributed by atoms with Crippen LogP contribution in [0.1, 0.15) is 38.7 Å². The number of anilines is 1. The fourth-order valence-electron chi connectivity index (χ4n) is 2.78. The third kappa shape index (κ3) is 3.49. The highest BCUT2D eigenvalue weighted by Gasteiger charge is 2.24. The summed E-state index contributed by atoms with van der Waals surface area (Å²) in [7, 11) is 1.73. The van der Waals surface area contributed by atoms with Crippen LogP contribution in [0.15, 0.2) is 24.3 Å². The van der Waals surface area contributed by atoms with E-state index >= 15 is 0 Å². The van der Waals surface area contributed by atoms with E-state index in [4.69, 9.17) is 4.74 Å². The Hall–Kier alpha value is -1.02. The first kappa shape index (κ1) is 13.4. The average Bonchev–Trinajstić information content (AvgIpc) is 2.37. The number of hydrogen-bond donors (Lipinski definition) is 1. The molecule has 1 N–H and O–H groups in total. The van der Waals surface area contributed by atoms with Crippen LogP contribution in [-0.2, 0) is 11.3 Å². The lowest BCUT2D eigenvalue weighted by Gasteiger charge is -2.33. The maximum absolute atomic E-state index is 5.12. The maximum atomic E-state index is 5.12. The van der Waals surface area contributed by atoms with Crippen LogP contribution in [0.3, 0.4) is 0 Å². The van der Waals surface area contributed by atoms with Gasteiger partial charge in [0.15, 0.2) is 0 Å². The minimum atomic E-state index is 0.643. The van der Waals surface area contributed by atoms with Crippen LogP contribution in [0.25, 0.3) is 0 Å². The second-order valence-electron chi connectivity index (χ2n) is 5.74. The molecule has 0 aromatic heterocycles. The van der Waals surface area contributed by atoms with Gasteiger partial charge < -0.3 is 10.1 Å². The van der Waals surface area contributed by atoms with Crippen molar-refractivity contribution in [3.63, 3.8) is 0 Å². The molecule has 0 spiro atoms. The number of nitrogens with one attached hydrogen (secondary N) is 1. The number of benzene rings is 1. The summed E-state index contributed by atoms with van der Waals surface area (Å²) in [6.45, 7) is 5.44. The van der Waals surface area contributed by atoms with Crippen molar-refractivity contribution in [2.24, 2.45) is 11.8 Å². The molecule has 1 aliphatic carbocycles. The van der Waals surface area contributed by atoms with Crippen LogP contribution in [0.5, 0.6) is 0 Å². The van der Waals surface area contributed by atoms with E-state index in [0.717, 1.165) is 11.8 Å². The molecule has 2 nitrogen and oxygen atoms in total. The van der Waals surface area contributed by atoms with Gasteiger partial charge in [-0.15, -0.1) is 0 Å². The monoisotopic (exact) mass is 247 g/mol. The molecule has 1 saturated carbocycles. The molecular weight excluding hydrogens is 222 g/mol. The van der Waals surface area contributed by atoms with Crippen molar-refractivity contribution in [2.75, 3.05) is 12.4 Å². The van der Waals surface area contributed by atoms with Crippen molar-refractivity contribution in [3.05, 3.63) is 29.8 Å². The molecule has 3 atom stereocenters. The fraction of sp³-hybridized carbons (Fsp3) is 0.625. The summed E-state index contributed by atoms with van der Waals surface area (Å²) in [5, 5.41) is 3.66. The molecule has 1 aromatic carbocycles. The van der Waals surface area contributed by atoms with Crippen LogP contribution in [0, 0.1) is 11.8 Å². The molecule has 1 aliphatic rings. The SMILES string of the molecule is COCc1ccc(NC2CCC(C)C(C)C2)cc1. The van der Waals surface area contributed by atoms with E-state index in [9.17, 15) is 0 Å². The van der Waals surface area contributed by atoms with E-state index in [-0.39, 0.29) is 0 Å². The van der Waals surface area contributed by atoms with Gasteiger partial charge in [0.05, 0.1) is 6.61 Å².